The highest BCUT2D eigenvalue weighted by Crippen LogP contribution is 2.39. The van der Waals surface area contributed by atoms with Crippen molar-refractivity contribution in [3.05, 3.63) is 47.0 Å². The number of halogens is 1. The van der Waals surface area contributed by atoms with Gasteiger partial charge in [-0.05, 0) is 25.8 Å². The molecule has 2 aromatic rings. The molecule has 1 fully saturated rings. The predicted molar refractivity (Wildman–Crippen MR) is 93.4 cm³/mol. The van der Waals surface area contributed by atoms with Crippen LogP contribution in [0.3, 0.4) is 0 Å². The number of Topliss-reactive ketones (excluding diaryl/α,β-unsaturated/α-hetero) is 1. The molecule has 0 saturated heterocycles. The molecule has 6 nitrogen and oxygen atoms in total. The molecule has 1 aliphatic carbocycles. The minimum absolute atomic E-state index is 0.102. The number of carbonyl (C=O) groups excluding carboxylic acids is 2. The number of benzene rings is 1. The molecule has 0 spiro atoms. The van der Waals surface area contributed by atoms with E-state index in [9.17, 15) is 9.59 Å². The van der Waals surface area contributed by atoms with Crippen molar-refractivity contribution in [1.29, 1.82) is 0 Å². The van der Waals surface area contributed by atoms with Gasteiger partial charge in [0.2, 0.25) is 5.78 Å². The van der Waals surface area contributed by atoms with Gasteiger partial charge in [0, 0.05) is 28.3 Å². The lowest BCUT2D eigenvalue weighted by molar-refractivity contribution is -0.143. The van der Waals surface area contributed by atoms with Gasteiger partial charge in [0.25, 0.3) is 0 Å². The average molecular weight is 360 g/mol. The molecule has 1 atom stereocenters. The van der Waals surface area contributed by atoms with Gasteiger partial charge in [-0.15, -0.1) is 0 Å². The Balaban J connectivity index is 2.06. The Morgan fingerprint density at radius 2 is 2.04 bits per heavy atom. The number of hydrogen-bond donors (Lipinski definition) is 1. The van der Waals surface area contributed by atoms with Crippen LogP contribution in [0.1, 0.15) is 42.0 Å². The lowest BCUT2D eigenvalue weighted by Crippen LogP contribution is -2.40. The van der Waals surface area contributed by atoms with Gasteiger partial charge < -0.3 is 10.5 Å². The first-order valence-corrected chi connectivity index (χ1v) is 8.49. The number of carbonyl (C=O) groups is 2. The van der Waals surface area contributed by atoms with Crippen molar-refractivity contribution in [2.45, 2.75) is 31.7 Å². The predicted octanol–water partition coefficient (Wildman–Crippen LogP) is 2.75. The maximum absolute atomic E-state index is 12.8. The van der Waals surface area contributed by atoms with Crippen molar-refractivity contribution in [3.8, 4) is 11.1 Å². The van der Waals surface area contributed by atoms with Crippen LogP contribution in [-0.2, 0) is 9.53 Å². The van der Waals surface area contributed by atoms with Crippen molar-refractivity contribution >= 4 is 23.4 Å². The Labute approximate surface area is 150 Å². The smallest absolute Gasteiger partial charge is 0.331 e. The van der Waals surface area contributed by atoms with Gasteiger partial charge in [-0.3, -0.25) is 4.79 Å². The topological polar surface area (TPSA) is 95.2 Å². The van der Waals surface area contributed by atoms with Crippen LogP contribution in [-0.4, -0.2) is 34.4 Å². The monoisotopic (exact) mass is 359 g/mol. The SMILES string of the molecule is CCOC(=O)C(N)C(=O)c1nc(C2CC2)ncc1-c1ccccc1Cl. The van der Waals surface area contributed by atoms with Crippen molar-refractivity contribution in [3.63, 3.8) is 0 Å². The number of rotatable bonds is 6. The summed E-state index contributed by atoms with van der Waals surface area (Å²) in [4.78, 5) is 33.4. The highest BCUT2D eigenvalue weighted by Gasteiger charge is 2.32. The highest BCUT2D eigenvalue weighted by atomic mass is 35.5. The fraction of sp³-hybridized carbons (Fsp3) is 0.333. The summed E-state index contributed by atoms with van der Waals surface area (Å²) in [5.41, 5.74) is 6.97. The number of nitrogens with zero attached hydrogens (tertiary/aromatic N) is 2. The van der Waals surface area contributed by atoms with Crippen LogP contribution in [0.2, 0.25) is 5.02 Å². The summed E-state index contributed by atoms with van der Waals surface area (Å²) in [5.74, 6) is -0.525. The standard InChI is InChI=1S/C18H18ClN3O3/c1-2-25-18(24)14(20)16(23)15-12(11-5-3-4-6-13(11)19)9-21-17(22-15)10-7-8-10/h3-6,9-10,14H,2,7-8,20H2,1H3. The van der Waals surface area contributed by atoms with Gasteiger partial charge >= 0.3 is 5.97 Å². The summed E-state index contributed by atoms with van der Waals surface area (Å²) < 4.78 is 4.85. The molecule has 1 aromatic heterocycles. The fourth-order valence-corrected chi connectivity index (χ4v) is 2.72. The van der Waals surface area contributed by atoms with Gasteiger partial charge in [-0.25, -0.2) is 14.8 Å². The Hall–Kier alpha value is -2.31. The zero-order chi connectivity index (χ0) is 18.0. The number of ketones is 1. The molecular formula is C18H18ClN3O3. The van der Waals surface area contributed by atoms with Crippen LogP contribution in [0, 0.1) is 0 Å². The molecule has 0 bridgehead atoms. The minimum Gasteiger partial charge on any atom is -0.464 e. The van der Waals surface area contributed by atoms with E-state index in [0.29, 0.717) is 22.0 Å². The van der Waals surface area contributed by atoms with Crippen LogP contribution < -0.4 is 5.73 Å². The van der Waals surface area contributed by atoms with Crippen LogP contribution in [0.5, 0.6) is 0 Å². The Morgan fingerprint density at radius 1 is 1.32 bits per heavy atom. The second-order valence-electron chi connectivity index (χ2n) is 5.84. The molecule has 1 saturated carbocycles. The lowest BCUT2D eigenvalue weighted by Gasteiger charge is -2.14. The molecule has 1 unspecified atom stereocenters. The Morgan fingerprint density at radius 3 is 2.68 bits per heavy atom. The number of hydrogen-bond acceptors (Lipinski definition) is 6. The maximum atomic E-state index is 12.8. The molecule has 0 radical (unpaired) electrons. The van der Waals surface area contributed by atoms with E-state index in [1.165, 1.54) is 0 Å². The molecule has 130 valence electrons. The van der Waals surface area contributed by atoms with Gasteiger partial charge in [0.05, 0.1) is 6.61 Å². The Bertz CT molecular complexity index is 821. The molecule has 2 N–H and O–H groups in total. The van der Waals surface area contributed by atoms with Gasteiger partial charge in [0.1, 0.15) is 11.5 Å². The van der Waals surface area contributed by atoms with Crippen molar-refractivity contribution in [1.82, 2.24) is 9.97 Å². The van der Waals surface area contributed by atoms with E-state index in [1.807, 2.05) is 0 Å². The summed E-state index contributed by atoms with van der Waals surface area (Å²) in [7, 11) is 0. The molecule has 1 aliphatic rings. The third-order valence-electron chi connectivity index (χ3n) is 3.97. The van der Waals surface area contributed by atoms with E-state index < -0.39 is 17.8 Å². The van der Waals surface area contributed by atoms with E-state index in [2.05, 4.69) is 9.97 Å². The first-order chi connectivity index (χ1) is 12.0. The largest absolute Gasteiger partial charge is 0.464 e. The summed E-state index contributed by atoms with van der Waals surface area (Å²) in [5, 5.41) is 0.462. The van der Waals surface area contributed by atoms with Crippen LogP contribution in [0.4, 0.5) is 0 Å². The highest BCUT2D eigenvalue weighted by molar-refractivity contribution is 6.33. The van der Waals surface area contributed by atoms with Crippen molar-refractivity contribution in [2.75, 3.05) is 6.61 Å². The molecule has 0 aliphatic heterocycles. The normalized spacial score (nSPS) is 14.8. The average Bonchev–Trinajstić information content (AvgIpc) is 3.46. The molecule has 1 heterocycles. The molecule has 25 heavy (non-hydrogen) atoms. The zero-order valence-corrected chi connectivity index (χ0v) is 14.5. The summed E-state index contributed by atoms with van der Waals surface area (Å²) >= 11 is 6.25. The third kappa shape index (κ3) is 3.70. The summed E-state index contributed by atoms with van der Waals surface area (Å²) in [6.45, 7) is 1.80. The van der Waals surface area contributed by atoms with Crippen molar-refractivity contribution in [2.24, 2.45) is 5.73 Å². The van der Waals surface area contributed by atoms with Gasteiger partial charge in [-0.2, -0.15) is 0 Å². The molecule has 7 heteroatoms. The second-order valence-corrected chi connectivity index (χ2v) is 6.25. The molecule has 1 aromatic carbocycles. The minimum atomic E-state index is -1.43. The number of esters is 1. The first kappa shape index (κ1) is 17.5. The van der Waals surface area contributed by atoms with Gasteiger partial charge in [-0.1, -0.05) is 29.8 Å². The first-order valence-electron chi connectivity index (χ1n) is 8.11. The Kier molecular flexibility index (Phi) is 5.11. The van der Waals surface area contributed by atoms with Gasteiger partial charge in [0.15, 0.2) is 6.04 Å². The van der Waals surface area contributed by atoms with E-state index in [-0.39, 0.29) is 18.2 Å². The number of nitrogens with two attached hydrogens (primary N) is 1. The quantitative estimate of drug-likeness (QED) is 0.484. The number of aromatic nitrogens is 2. The summed E-state index contributed by atoms with van der Waals surface area (Å²) in [6, 6.07) is 5.64. The van der Waals surface area contributed by atoms with E-state index in [0.717, 1.165) is 12.8 Å². The second kappa shape index (κ2) is 7.29. The fourth-order valence-electron chi connectivity index (χ4n) is 2.48. The lowest BCUT2D eigenvalue weighted by atomic mass is 10.00. The van der Waals surface area contributed by atoms with Crippen LogP contribution in [0.15, 0.2) is 30.5 Å². The molecule has 0 amide bonds. The maximum Gasteiger partial charge on any atom is 0.331 e. The van der Waals surface area contributed by atoms with Crippen LogP contribution >= 0.6 is 11.6 Å². The zero-order valence-electron chi connectivity index (χ0n) is 13.7. The van der Waals surface area contributed by atoms with E-state index in [4.69, 9.17) is 22.1 Å². The summed E-state index contributed by atoms with van der Waals surface area (Å²) in [6.07, 6.45) is 3.55. The molecule has 3 rings (SSSR count). The van der Waals surface area contributed by atoms with E-state index >= 15 is 0 Å². The van der Waals surface area contributed by atoms with Crippen molar-refractivity contribution < 1.29 is 14.3 Å². The molecular weight excluding hydrogens is 342 g/mol. The third-order valence-corrected chi connectivity index (χ3v) is 4.30. The van der Waals surface area contributed by atoms with E-state index in [1.54, 1.807) is 37.4 Å². The number of ether oxygens (including phenoxy) is 1. The van der Waals surface area contributed by atoms with Crippen LogP contribution in [0.25, 0.3) is 11.1 Å².